The third kappa shape index (κ3) is 6.43. The highest BCUT2D eigenvalue weighted by atomic mass is 19.1. The van der Waals surface area contributed by atoms with Gasteiger partial charge in [-0.15, -0.1) is 5.10 Å². The number of piperazine rings is 1. The fourth-order valence-corrected chi connectivity index (χ4v) is 4.95. The van der Waals surface area contributed by atoms with Gasteiger partial charge in [-0.3, -0.25) is 9.59 Å². The van der Waals surface area contributed by atoms with E-state index in [-0.39, 0.29) is 17.6 Å². The Labute approximate surface area is 222 Å². The minimum absolute atomic E-state index is 0.0266. The lowest BCUT2D eigenvalue weighted by Crippen LogP contribution is -2.54. The molecule has 1 aromatic heterocycles. The quantitative estimate of drug-likeness (QED) is 0.399. The molecule has 38 heavy (non-hydrogen) atoms. The molecule has 1 aliphatic carbocycles. The number of aromatic nitrogens is 3. The number of benzene rings is 2. The van der Waals surface area contributed by atoms with Crippen molar-refractivity contribution in [2.24, 2.45) is 0 Å². The third-order valence-corrected chi connectivity index (χ3v) is 7.40. The van der Waals surface area contributed by atoms with Gasteiger partial charge in [0.05, 0.1) is 18.1 Å². The maximum atomic E-state index is 13.4. The van der Waals surface area contributed by atoms with Gasteiger partial charge in [-0.05, 0) is 74.8 Å². The topological polar surface area (TPSA) is 95.4 Å². The molecule has 0 spiro atoms. The molecule has 5 rings (SSSR count). The average molecular weight is 520 g/mol. The molecule has 3 atom stereocenters. The zero-order valence-corrected chi connectivity index (χ0v) is 21.6. The highest BCUT2D eigenvalue weighted by Gasteiger charge is 2.37. The summed E-state index contributed by atoms with van der Waals surface area (Å²) < 4.78 is 14.8. The predicted octanol–water partition coefficient (Wildman–Crippen LogP) is 2.20. The Morgan fingerprint density at radius 3 is 2.47 bits per heavy atom. The minimum Gasteiger partial charge on any atom is -0.340 e. The van der Waals surface area contributed by atoms with Gasteiger partial charge in [-0.2, -0.15) is 0 Å². The Morgan fingerprint density at radius 1 is 1.05 bits per heavy atom. The van der Waals surface area contributed by atoms with E-state index in [0.717, 1.165) is 43.7 Å². The van der Waals surface area contributed by atoms with Gasteiger partial charge in [-0.25, -0.2) is 9.07 Å². The molecule has 9 nitrogen and oxygen atoms in total. The van der Waals surface area contributed by atoms with Gasteiger partial charge in [0.25, 0.3) is 5.91 Å². The normalized spacial score (nSPS) is 20.2. The van der Waals surface area contributed by atoms with E-state index >= 15 is 0 Å². The number of nitrogens with zero attached hydrogens (tertiary/aromatic N) is 5. The van der Waals surface area contributed by atoms with E-state index in [1.54, 1.807) is 41.3 Å². The Bertz CT molecular complexity index is 1210. The number of amides is 2. The maximum absolute atomic E-state index is 13.4. The fourth-order valence-electron chi connectivity index (χ4n) is 4.95. The summed E-state index contributed by atoms with van der Waals surface area (Å²) in [7, 11) is 2.05. The second-order valence-corrected chi connectivity index (χ2v) is 10.1. The number of likely N-dealkylation sites (N-methyl/N-ethyl adjacent to an activating group) is 1. The first kappa shape index (κ1) is 26.0. The van der Waals surface area contributed by atoms with E-state index in [4.69, 9.17) is 0 Å². The van der Waals surface area contributed by atoms with Crippen molar-refractivity contribution in [3.63, 3.8) is 0 Å². The van der Waals surface area contributed by atoms with Crippen LogP contribution in [0, 0.1) is 5.82 Å². The van der Waals surface area contributed by atoms with Crippen molar-refractivity contribution < 1.29 is 14.0 Å². The molecule has 2 heterocycles. The van der Waals surface area contributed by atoms with Gasteiger partial charge in [0.2, 0.25) is 5.91 Å². The van der Waals surface area contributed by atoms with Gasteiger partial charge >= 0.3 is 0 Å². The molecule has 2 amide bonds. The van der Waals surface area contributed by atoms with Crippen molar-refractivity contribution in [3.8, 4) is 5.69 Å². The van der Waals surface area contributed by atoms with Crippen molar-refractivity contribution in [1.29, 1.82) is 0 Å². The standard InChI is InChI=1S/C28H34FN7O2/c1-34-15-17-35(18-16-34)28(38)25(3-2-12-30-26-19-24(26)20-4-8-22(29)9-5-20)32-27(37)21-6-10-23(11-7-21)36-14-13-31-33-36/h4-11,13-14,24-26,30H,2-3,12,15-19H2,1H3,(H,32,37)/t24-,25-,26-/m1/s1. The van der Waals surface area contributed by atoms with E-state index in [1.807, 2.05) is 24.1 Å². The number of halogens is 1. The summed E-state index contributed by atoms with van der Waals surface area (Å²) in [6, 6.07) is 13.5. The molecule has 200 valence electrons. The maximum Gasteiger partial charge on any atom is 0.251 e. The first-order valence-electron chi connectivity index (χ1n) is 13.2. The summed E-state index contributed by atoms with van der Waals surface area (Å²) in [5.74, 6) is -0.114. The molecule has 0 unspecified atom stereocenters. The van der Waals surface area contributed by atoms with Gasteiger partial charge in [-0.1, -0.05) is 17.3 Å². The first-order chi connectivity index (χ1) is 18.5. The predicted molar refractivity (Wildman–Crippen MR) is 141 cm³/mol. The zero-order valence-electron chi connectivity index (χ0n) is 21.6. The van der Waals surface area contributed by atoms with Crippen LogP contribution in [0.5, 0.6) is 0 Å². The molecule has 2 aromatic carbocycles. The summed E-state index contributed by atoms with van der Waals surface area (Å²) in [6.45, 7) is 3.72. The van der Waals surface area contributed by atoms with Crippen LogP contribution in [0.2, 0.25) is 0 Å². The number of nitrogens with one attached hydrogen (secondary N) is 2. The summed E-state index contributed by atoms with van der Waals surface area (Å²) >= 11 is 0. The molecule has 2 N–H and O–H groups in total. The molecular weight excluding hydrogens is 485 g/mol. The highest BCUT2D eigenvalue weighted by molar-refractivity contribution is 5.97. The molecule has 2 fully saturated rings. The summed E-state index contributed by atoms with van der Waals surface area (Å²) in [4.78, 5) is 30.6. The Morgan fingerprint density at radius 2 is 1.79 bits per heavy atom. The van der Waals surface area contributed by atoms with Crippen LogP contribution in [-0.2, 0) is 4.79 Å². The molecule has 1 saturated heterocycles. The number of hydrogen-bond donors (Lipinski definition) is 2. The van der Waals surface area contributed by atoms with E-state index in [0.29, 0.717) is 37.0 Å². The Balaban J connectivity index is 1.16. The molecule has 2 aliphatic rings. The molecule has 3 aromatic rings. The van der Waals surface area contributed by atoms with Crippen LogP contribution in [0.3, 0.4) is 0 Å². The van der Waals surface area contributed by atoms with Crippen molar-refractivity contribution in [2.45, 2.75) is 37.3 Å². The number of hydrogen-bond acceptors (Lipinski definition) is 6. The van der Waals surface area contributed by atoms with Crippen molar-refractivity contribution in [3.05, 3.63) is 77.9 Å². The lowest BCUT2D eigenvalue weighted by molar-refractivity contribution is -0.135. The molecular formula is C28H34FN7O2. The van der Waals surface area contributed by atoms with E-state index in [2.05, 4.69) is 25.8 Å². The van der Waals surface area contributed by atoms with E-state index in [9.17, 15) is 14.0 Å². The molecule has 1 aliphatic heterocycles. The summed E-state index contributed by atoms with van der Waals surface area (Å²) in [5.41, 5.74) is 2.44. The summed E-state index contributed by atoms with van der Waals surface area (Å²) in [5, 5.41) is 14.3. The van der Waals surface area contributed by atoms with Crippen LogP contribution in [0.4, 0.5) is 4.39 Å². The first-order valence-corrected chi connectivity index (χ1v) is 13.2. The lowest BCUT2D eigenvalue weighted by atomic mass is 10.1. The second kappa shape index (κ2) is 11.8. The van der Waals surface area contributed by atoms with Crippen LogP contribution in [0.1, 0.15) is 41.1 Å². The molecule has 0 bridgehead atoms. The molecule has 0 radical (unpaired) electrons. The fraction of sp³-hybridized carbons (Fsp3) is 0.429. The second-order valence-electron chi connectivity index (χ2n) is 10.1. The summed E-state index contributed by atoms with van der Waals surface area (Å²) in [6.07, 6.45) is 5.65. The van der Waals surface area contributed by atoms with Crippen LogP contribution in [0.15, 0.2) is 60.9 Å². The average Bonchev–Trinajstić information content (AvgIpc) is 3.49. The minimum atomic E-state index is -0.588. The van der Waals surface area contributed by atoms with Crippen LogP contribution in [-0.4, -0.2) is 88.5 Å². The zero-order chi connectivity index (χ0) is 26.5. The SMILES string of the molecule is CN1CCN(C(=O)[C@@H](CCCN[C@@H]2C[C@@H]2c2ccc(F)cc2)NC(=O)c2ccc(-n3ccnn3)cc2)CC1. The van der Waals surface area contributed by atoms with Gasteiger partial charge in [0, 0.05) is 43.7 Å². The molecule has 10 heteroatoms. The highest BCUT2D eigenvalue weighted by Crippen LogP contribution is 2.40. The van der Waals surface area contributed by atoms with Crippen molar-refractivity contribution in [1.82, 2.24) is 35.4 Å². The molecule has 1 saturated carbocycles. The van der Waals surface area contributed by atoms with Crippen molar-refractivity contribution >= 4 is 11.8 Å². The van der Waals surface area contributed by atoms with E-state index in [1.165, 1.54) is 12.1 Å². The lowest BCUT2D eigenvalue weighted by Gasteiger charge is -2.34. The third-order valence-electron chi connectivity index (χ3n) is 7.40. The van der Waals surface area contributed by atoms with Crippen LogP contribution in [0.25, 0.3) is 5.69 Å². The van der Waals surface area contributed by atoms with E-state index < -0.39 is 6.04 Å². The Kier molecular flexibility index (Phi) is 8.09. The van der Waals surface area contributed by atoms with Gasteiger partial charge in [0.15, 0.2) is 0 Å². The number of carbonyl (C=O) groups is 2. The van der Waals surface area contributed by atoms with Crippen molar-refractivity contribution in [2.75, 3.05) is 39.8 Å². The Hall–Kier alpha value is -3.63. The smallest absolute Gasteiger partial charge is 0.251 e. The monoisotopic (exact) mass is 519 g/mol. The van der Waals surface area contributed by atoms with Gasteiger partial charge in [0.1, 0.15) is 11.9 Å². The largest absolute Gasteiger partial charge is 0.340 e. The number of rotatable bonds is 10. The van der Waals surface area contributed by atoms with Crippen LogP contribution >= 0.6 is 0 Å². The van der Waals surface area contributed by atoms with Gasteiger partial charge < -0.3 is 20.4 Å². The van der Waals surface area contributed by atoms with Crippen LogP contribution < -0.4 is 10.6 Å². The number of carbonyl (C=O) groups excluding carboxylic acids is 2.